The summed E-state index contributed by atoms with van der Waals surface area (Å²) < 4.78 is 27.2. The summed E-state index contributed by atoms with van der Waals surface area (Å²) >= 11 is 0. The monoisotopic (exact) mass is 297 g/mol. The zero-order valence-electron chi connectivity index (χ0n) is 12.2. The molecule has 0 spiro atoms. The number of sulfonamides is 1. The van der Waals surface area contributed by atoms with E-state index in [1.807, 2.05) is 6.92 Å². The Hall–Kier alpha value is -1.14. The summed E-state index contributed by atoms with van der Waals surface area (Å²) in [6.45, 7) is 5.37. The zero-order valence-corrected chi connectivity index (χ0v) is 13.0. The molecule has 1 N–H and O–H groups in total. The van der Waals surface area contributed by atoms with Crippen LogP contribution in [-0.4, -0.2) is 36.8 Å². The molecule has 0 aromatic carbocycles. The second kappa shape index (κ2) is 6.54. The van der Waals surface area contributed by atoms with Gasteiger partial charge in [0.05, 0.1) is 4.90 Å². The van der Waals surface area contributed by atoms with Crippen molar-refractivity contribution in [3.05, 3.63) is 18.3 Å². The van der Waals surface area contributed by atoms with Crippen LogP contribution in [0.4, 0.5) is 5.82 Å². The van der Waals surface area contributed by atoms with Crippen molar-refractivity contribution in [1.82, 2.24) is 9.29 Å². The summed E-state index contributed by atoms with van der Waals surface area (Å²) in [6, 6.07) is 3.40. The second-order valence-corrected chi connectivity index (χ2v) is 7.00. The van der Waals surface area contributed by atoms with Gasteiger partial charge in [-0.25, -0.2) is 13.4 Å². The van der Waals surface area contributed by atoms with E-state index in [0.717, 1.165) is 32.2 Å². The minimum Gasteiger partial charge on any atom is -0.370 e. The third kappa shape index (κ3) is 3.49. The largest absolute Gasteiger partial charge is 0.370 e. The lowest BCUT2D eigenvalue weighted by Gasteiger charge is -2.21. The molecule has 1 heterocycles. The molecule has 0 radical (unpaired) electrons. The summed E-state index contributed by atoms with van der Waals surface area (Å²) in [4.78, 5) is 4.47. The van der Waals surface area contributed by atoms with Crippen LogP contribution in [-0.2, 0) is 10.0 Å². The highest BCUT2D eigenvalue weighted by Gasteiger charge is 2.37. The molecule has 0 amide bonds. The van der Waals surface area contributed by atoms with E-state index in [2.05, 4.69) is 17.2 Å². The molecule has 0 bridgehead atoms. The molecule has 1 saturated carbocycles. The first-order chi connectivity index (χ1) is 9.59. The number of aromatic nitrogens is 1. The van der Waals surface area contributed by atoms with Crippen molar-refractivity contribution >= 4 is 15.8 Å². The van der Waals surface area contributed by atoms with E-state index in [0.29, 0.717) is 17.3 Å². The fourth-order valence-electron chi connectivity index (χ4n) is 2.16. The third-order valence-electron chi connectivity index (χ3n) is 3.38. The number of nitrogens with one attached hydrogen (secondary N) is 1. The Balaban J connectivity index is 2.24. The third-order valence-corrected chi connectivity index (χ3v) is 5.33. The van der Waals surface area contributed by atoms with E-state index >= 15 is 0 Å². The molecular formula is C14H23N3O2S. The van der Waals surface area contributed by atoms with Crippen molar-refractivity contribution in [2.75, 3.05) is 18.4 Å². The van der Waals surface area contributed by atoms with Gasteiger partial charge in [-0.05, 0) is 32.3 Å². The van der Waals surface area contributed by atoms with Gasteiger partial charge in [0.2, 0.25) is 10.0 Å². The molecule has 5 nitrogen and oxygen atoms in total. The molecule has 6 heteroatoms. The molecule has 1 aliphatic carbocycles. The van der Waals surface area contributed by atoms with E-state index in [1.165, 1.54) is 0 Å². The standard InChI is InChI=1S/C14H23N3O2S/c1-3-5-10-17(12-6-7-12)20(18,19)13-8-9-16-14(11-13)15-4-2/h8-9,11-12H,3-7,10H2,1-2H3,(H,15,16). The molecule has 1 aromatic heterocycles. The van der Waals surface area contributed by atoms with Gasteiger partial charge in [-0.15, -0.1) is 0 Å². The number of pyridine rings is 1. The van der Waals surface area contributed by atoms with Crippen molar-refractivity contribution in [2.45, 2.75) is 50.5 Å². The molecule has 1 aromatic rings. The maximum Gasteiger partial charge on any atom is 0.243 e. The summed E-state index contributed by atoms with van der Waals surface area (Å²) in [6.07, 6.45) is 5.41. The van der Waals surface area contributed by atoms with Crippen LogP contribution in [0, 0.1) is 0 Å². The average molecular weight is 297 g/mol. The van der Waals surface area contributed by atoms with E-state index in [-0.39, 0.29) is 6.04 Å². The molecule has 0 saturated heterocycles. The quantitative estimate of drug-likeness (QED) is 0.800. The van der Waals surface area contributed by atoms with E-state index < -0.39 is 10.0 Å². The smallest absolute Gasteiger partial charge is 0.243 e. The van der Waals surface area contributed by atoms with Crippen molar-refractivity contribution in [3.8, 4) is 0 Å². The highest BCUT2D eigenvalue weighted by Crippen LogP contribution is 2.32. The minimum atomic E-state index is -3.40. The van der Waals surface area contributed by atoms with Gasteiger partial charge in [0.1, 0.15) is 5.82 Å². The Morgan fingerprint density at radius 1 is 1.40 bits per heavy atom. The Morgan fingerprint density at radius 2 is 2.15 bits per heavy atom. The Labute approximate surface area is 121 Å². The molecule has 1 aliphatic rings. The van der Waals surface area contributed by atoms with Crippen molar-refractivity contribution in [2.24, 2.45) is 0 Å². The first-order valence-corrected chi connectivity index (χ1v) is 8.75. The lowest BCUT2D eigenvalue weighted by Crippen LogP contribution is -2.34. The average Bonchev–Trinajstić information content (AvgIpc) is 3.24. The van der Waals surface area contributed by atoms with Gasteiger partial charge in [-0.1, -0.05) is 13.3 Å². The van der Waals surface area contributed by atoms with Crippen molar-refractivity contribution in [3.63, 3.8) is 0 Å². The Morgan fingerprint density at radius 3 is 2.75 bits per heavy atom. The molecule has 1 fully saturated rings. The maximum atomic E-state index is 12.7. The lowest BCUT2D eigenvalue weighted by atomic mass is 10.3. The van der Waals surface area contributed by atoms with Crippen LogP contribution in [0.25, 0.3) is 0 Å². The highest BCUT2D eigenvalue weighted by molar-refractivity contribution is 7.89. The molecule has 20 heavy (non-hydrogen) atoms. The Kier molecular flexibility index (Phi) is 4.99. The first kappa shape index (κ1) is 15.3. The van der Waals surface area contributed by atoms with Crippen LogP contribution in [0.15, 0.2) is 23.2 Å². The molecule has 2 rings (SSSR count). The Bertz CT molecular complexity index is 541. The topological polar surface area (TPSA) is 62.3 Å². The summed E-state index contributed by atoms with van der Waals surface area (Å²) in [5, 5.41) is 3.05. The van der Waals surface area contributed by atoms with Gasteiger partial charge in [-0.3, -0.25) is 0 Å². The molecule has 0 aliphatic heterocycles. The fourth-order valence-corrected chi connectivity index (χ4v) is 3.90. The van der Waals surface area contributed by atoms with E-state index in [9.17, 15) is 8.42 Å². The van der Waals surface area contributed by atoms with Gasteiger partial charge >= 0.3 is 0 Å². The fraction of sp³-hybridized carbons (Fsp3) is 0.643. The van der Waals surface area contributed by atoms with Crippen molar-refractivity contribution < 1.29 is 8.42 Å². The SMILES string of the molecule is CCCCN(C1CC1)S(=O)(=O)c1ccnc(NCC)c1. The van der Waals surface area contributed by atoms with Gasteiger partial charge in [-0.2, -0.15) is 4.31 Å². The normalized spacial score (nSPS) is 15.6. The molecular weight excluding hydrogens is 274 g/mol. The molecule has 0 atom stereocenters. The predicted molar refractivity (Wildman–Crippen MR) is 80.2 cm³/mol. The predicted octanol–water partition coefficient (Wildman–Crippen LogP) is 2.47. The lowest BCUT2D eigenvalue weighted by molar-refractivity contribution is 0.395. The van der Waals surface area contributed by atoms with Gasteiger partial charge in [0, 0.05) is 31.4 Å². The molecule has 0 unspecified atom stereocenters. The molecule has 112 valence electrons. The number of unbranched alkanes of at least 4 members (excludes halogenated alkanes) is 1. The summed E-state index contributed by atoms with van der Waals surface area (Å²) in [5.41, 5.74) is 0. The zero-order chi connectivity index (χ0) is 14.6. The number of hydrogen-bond donors (Lipinski definition) is 1. The maximum absolute atomic E-state index is 12.7. The number of hydrogen-bond acceptors (Lipinski definition) is 4. The van der Waals surface area contributed by atoms with Crippen LogP contribution >= 0.6 is 0 Å². The van der Waals surface area contributed by atoms with Crippen LogP contribution in [0.1, 0.15) is 39.5 Å². The van der Waals surface area contributed by atoms with Crippen molar-refractivity contribution in [1.29, 1.82) is 0 Å². The van der Waals surface area contributed by atoms with Gasteiger partial charge in [0.25, 0.3) is 0 Å². The van der Waals surface area contributed by atoms with Gasteiger partial charge in [0.15, 0.2) is 0 Å². The number of rotatable bonds is 8. The highest BCUT2D eigenvalue weighted by atomic mass is 32.2. The summed E-state index contributed by atoms with van der Waals surface area (Å²) in [5.74, 6) is 0.611. The van der Waals surface area contributed by atoms with Crippen LogP contribution in [0.2, 0.25) is 0 Å². The number of nitrogens with zero attached hydrogens (tertiary/aromatic N) is 2. The van der Waals surface area contributed by atoms with Crippen LogP contribution < -0.4 is 5.32 Å². The van der Waals surface area contributed by atoms with E-state index in [4.69, 9.17) is 0 Å². The van der Waals surface area contributed by atoms with Gasteiger partial charge < -0.3 is 5.32 Å². The summed E-state index contributed by atoms with van der Waals surface area (Å²) in [7, 11) is -3.40. The minimum absolute atomic E-state index is 0.197. The van der Waals surface area contributed by atoms with E-state index in [1.54, 1.807) is 22.6 Å². The van der Waals surface area contributed by atoms with Crippen LogP contribution in [0.5, 0.6) is 0 Å². The second-order valence-electron chi connectivity index (χ2n) is 5.11. The van der Waals surface area contributed by atoms with Crippen LogP contribution in [0.3, 0.4) is 0 Å². The first-order valence-electron chi connectivity index (χ1n) is 7.31. The number of anilines is 1.